The Morgan fingerprint density at radius 3 is 2.40 bits per heavy atom. The molecule has 2 aromatic carbocycles. The Kier molecular flexibility index (Phi) is 11.3. The molecule has 1 aliphatic heterocycles. The van der Waals surface area contributed by atoms with Crippen molar-refractivity contribution in [3.05, 3.63) is 72.6 Å². The Hall–Kier alpha value is -4.84. The molecule has 3 aromatic rings. The Morgan fingerprint density at radius 1 is 1.00 bits per heavy atom. The first-order valence-electron chi connectivity index (χ1n) is 15.6. The molecule has 0 radical (unpaired) electrons. The van der Waals surface area contributed by atoms with Crippen LogP contribution in [0.2, 0.25) is 0 Å². The molecule has 0 bridgehead atoms. The second kappa shape index (κ2) is 15.2. The van der Waals surface area contributed by atoms with Crippen molar-refractivity contribution in [2.45, 2.75) is 77.7 Å². The van der Waals surface area contributed by atoms with Crippen LogP contribution in [-0.2, 0) is 35.1 Å². The average Bonchev–Trinajstić information content (AvgIpc) is 3.42. The molecule has 1 unspecified atom stereocenters. The van der Waals surface area contributed by atoms with Gasteiger partial charge in [-0.25, -0.2) is 0 Å². The van der Waals surface area contributed by atoms with Gasteiger partial charge in [-0.1, -0.05) is 56.3 Å². The second-order valence-electron chi connectivity index (χ2n) is 13.0. The number of aromatic nitrogens is 1. The number of nitrogens with one attached hydrogen (secondary N) is 3. The van der Waals surface area contributed by atoms with Gasteiger partial charge in [-0.2, -0.15) is 0 Å². The lowest BCUT2D eigenvalue weighted by molar-refractivity contribution is -0.149. The maximum Gasteiger partial charge on any atom is 0.294 e. The number of hydrogen-bond acceptors (Lipinski definition) is 8. The number of rotatable bonds is 12. The minimum Gasteiger partial charge on any atom is -0.483 e. The zero-order valence-electron chi connectivity index (χ0n) is 27.6. The van der Waals surface area contributed by atoms with Crippen LogP contribution in [0.25, 0.3) is 10.8 Å². The van der Waals surface area contributed by atoms with Gasteiger partial charge in [0.15, 0.2) is 6.61 Å². The number of ether oxygens (including phenoxy) is 2. The highest BCUT2D eigenvalue weighted by molar-refractivity contribution is 6.38. The van der Waals surface area contributed by atoms with Crippen LogP contribution >= 0.6 is 0 Å². The fourth-order valence-electron chi connectivity index (χ4n) is 5.33. The van der Waals surface area contributed by atoms with Crippen LogP contribution in [0.5, 0.6) is 5.75 Å². The van der Waals surface area contributed by atoms with Crippen LogP contribution in [0.4, 0.5) is 0 Å². The Bertz CT molecular complexity index is 1600. The standard InChI is InChI=1S/C35H43N5O7/c1-21(2)29(38-28(41)19-46-27-14-10-13-24-18-36-16-15-25(24)27)32(43)37-26(17-23-11-8-7-9-12-23)31(42)34(45)40-20-47-22(3)30(40)33(44)39-35(4,5)6/h7-16,18,21-22,26,29-30H,17,19-20H2,1-6H3,(H,37,43)(H,38,41)(H,39,44)/t22?,26-,29-,30-/m0/s1. The lowest BCUT2D eigenvalue weighted by Crippen LogP contribution is -2.59. The third kappa shape index (κ3) is 9.13. The number of hydrogen-bond donors (Lipinski definition) is 3. The van der Waals surface area contributed by atoms with Crippen LogP contribution in [0.3, 0.4) is 0 Å². The number of Topliss-reactive ketones (excluding diaryl/α,β-unsaturated/α-hetero) is 1. The smallest absolute Gasteiger partial charge is 0.294 e. The lowest BCUT2D eigenvalue weighted by atomic mass is 9.98. The predicted molar refractivity (Wildman–Crippen MR) is 175 cm³/mol. The number of pyridine rings is 1. The summed E-state index contributed by atoms with van der Waals surface area (Å²) in [7, 11) is 0. The molecule has 1 aromatic heterocycles. The molecule has 1 fully saturated rings. The molecular formula is C35H43N5O7. The number of amides is 4. The summed E-state index contributed by atoms with van der Waals surface area (Å²) in [5.74, 6) is -3.36. The second-order valence-corrected chi connectivity index (χ2v) is 13.0. The van der Waals surface area contributed by atoms with Crippen LogP contribution in [0, 0.1) is 5.92 Å². The van der Waals surface area contributed by atoms with Crippen molar-refractivity contribution >= 4 is 40.2 Å². The Labute approximate surface area is 274 Å². The molecule has 12 nitrogen and oxygen atoms in total. The number of carbonyl (C=O) groups is 5. The molecular weight excluding hydrogens is 602 g/mol. The number of ketones is 1. The molecule has 4 rings (SSSR count). The van der Waals surface area contributed by atoms with E-state index < -0.39 is 59.2 Å². The summed E-state index contributed by atoms with van der Waals surface area (Å²) in [4.78, 5) is 72.4. The SMILES string of the molecule is CC(C)[C@H](NC(=O)COc1cccc2cnccc12)C(=O)N[C@@H](Cc1ccccc1)C(=O)C(=O)N1COC(C)[C@H]1C(=O)NC(C)(C)C. The van der Waals surface area contributed by atoms with Crippen molar-refractivity contribution in [1.29, 1.82) is 0 Å². The summed E-state index contributed by atoms with van der Waals surface area (Å²) < 4.78 is 11.4. The number of fused-ring (bicyclic) bond motifs is 1. The zero-order chi connectivity index (χ0) is 34.3. The van der Waals surface area contributed by atoms with E-state index in [-0.39, 0.29) is 25.7 Å². The first kappa shape index (κ1) is 35.0. The average molecular weight is 646 g/mol. The molecule has 2 heterocycles. The minimum atomic E-state index is -1.28. The number of nitrogens with zero attached hydrogens (tertiary/aromatic N) is 2. The summed E-state index contributed by atoms with van der Waals surface area (Å²) >= 11 is 0. The van der Waals surface area contributed by atoms with Crippen molar-refractivity contribution < 1.29 is 33.4 Å². The van der Waals surface area contributed by atoms with Gasteiger partial charge in [0, 0.05) is 35.1 Å². The molecule has 47 heavy (non-hydrogen) atoms. The van der Waals surface area contributed by atoms with Crippen molar-refractivity contribution in [3.63, 3.8) is 0 Å². The normalized spacial score (nSPS) is 17.6. The summed E-state index contributed by atoms with van der Waals surface area (Å²) in [5.41, 5.74) is 0.131. The Morgan fingerprint density at radius 2 is 1.72 bits per heavy atom. The van der Waals surface area contributed by atoms with Gasteiger partial charge in [0.2, 0.25) is 17.6 Å². The first-order valence-corrected chi connectivity index (χ1v) is 15.6. The molecule has 12 heteroatoms. The highest BCUT2D eigenvalue weighted by Gasteiger charge is 2.45. The van der Waals surface area contributed by atoms with Crippen molar-refractivity contribution in [2.24, 2.45) is 5.92 Å². The lowest BCUT2D eigenvalue weighted by Gasteiger charge is -2.29. The first-order chi connectivity index (χ1) is 22.2. The van der Waals surface area contributed by atoms with Gasteiger partial charge in [0.1, 0.15) is 30.6 Å². The third-order valence-corrected chi connectivity index (χ3v) is 7.68. The van der Waals surface area contributed by atoms with Crippen molar-refractivity contribution in [2.75, 3.05) is 13.3 Å². The predicted octanol–water partition coefficient (Wildman–Crippen LogP) is 2.54. The van der Waals surface area contributed by atoms with Gasteiger partial charge in [0.25, 0.3) is 11.8 Å². The summed E-state index contributed by atoms with van der Waals surface area (Å²) in [6.07, 6.45) is 2.68. The van der Waals surface area contributed by atoms with E-state index >= 15 is 0 Å². The number of benzene rings is 2. The van der Waals surface area contributed by atoms with E-state index in [9.17, 15) is 24.0 Å². The van der Waals surface area contributed by atoms with E-state index in [0.29, 0.717) is 11.3 Å². The molecule has 0 saturated carbocycles. The summed E-state index contributed by atoms with van der Waals surface area (Å²) in [6, 6.07) is 12.8. The minimum absolute atomic E-state index is 0.0120. The molecule has 1 aliphatic rings. The third-order valence-electron chi connectivity index (χ3n) is 7.68. The topological polar surface area (TPSA) is 156 Å². The monoisotopic (exact) mass is 645 g/mol. The van der Waals surface area contributed by atoms with Crippen LogP contribution in [0.1, 0.15) is 47.1 Å². The van der Waals surface area contributed by atoms with E-state index in [1.54, 1.807) is 75.6 Å². The molecule has 3 N–H and O–H groups in total. The van der Waals surface area contributed by atoms with E-state index in [1.807, 2.05) is 32.9 Å². The van der Waals surface area contributed by atoms with Gasteiger partial charge in [0.05, 0.1) is 6.10 Å². The number of carbonyl (C=O) groups excluding carboxylic acids is 5. The van der Waals surface area contributed by atoms with Gasteiger partial charge >= 0.3 is 0 Å². The van der Waals surface area contributed by atoms with E-state index in [1.165, 1.54) is 0 Å². The van der Waals surface area contributed by atoms with Gasteiger partial charge in [-0.3, -0.25) is 33.9 Å². The highest BCUT2D eigenvalue weighted by Crippen LogP contribution is 2.24. The fourth-order valence-corrected chi connectivity index (χ4v) is 5.33. The van der Waals surface area contributed by atoms with E-state index in [2.05, 4.69) is 20.9 Å². The quantitative estimate of drug-likeness (QED) is 0.254. The molecule has 0 aliphatic carbocycles. The van der Waals surface area contributed by atoms with Crippen LogP contribution in [-0.4, -0.2) is 82.4 Å². The largest absolute Gasteiger partial charge is 0.483 e. The molecule has 4 amide bonds. The van der Waals surface area contributed by atoms with E-state index in [0.717, 1.165) is 15.7 Å². The molecule has 4 atom stereocenters. The molecule has 1 saturated heterocycles. The van der Waals surface area contributed by atoms with Gasteiger partial charge in [-0.15, -0.1) is 0 Å². The van der Waals surface area contributed by atoms with Crippen LogP contribution in [0.15, 0.2) is 67.0 Å². The summed E-state index contributed by atoms with van der Waals surface area (Å²) in [6.45, 7) is 9.99. The van der Waals surface area contributed by atoms with Crippen molar-refractivity contribution in [1.82, 2.24) is 25.8 Å². The maximum atomic E-state index is 13.8. The van der Waals surface area contributed by atoms with E-state index in [4.69, 9.17) is 9.47 Å². The highest BCUT2D eigenvalue weighted by atomic mass is 16.5. The molecule has 250 valence electrons. The van der Waals surface area contributed by atoms with Gasteiger partial charge in [-0.05, 0) is 51.3 Å². The maximum absolute atomic E-state index is 13.8. The fraction of sp³-hybridized carbons (Fsp3) is 0.429. The zero-order valence-corrected chi connectivity index (χ0v) is 27.6. The summed E-state index contributed by atoms with van der Waals surface area (Å²) in [5, 5.41) is 9.90. The van der Waals surface area contributed by atoms with Crippen molar-refractivity contribution in [3.8, 4) is 5.75 Å². The van der Waals surface area contributed by atoms with Gasteiger partial charge < -0.3 is 25.4 Å². The molecule has 0 spiro atoms. The van der Waals surface area contributed by atoms with Crippen LogP contribution < -0.4 is 20.7 Å². The Balaban J connectivity index is 1.49.